The molecule has 1 amide bonds. The summed E-state index contributed by atoms with van der Waals surface area (Å²) in [4.78, 5) is 20.4. The Bertz CT molecular complexity index is 743. The minimum Gasteiger partial charge on any atom is -0.348 e. The third-order valence-electron chi connectivity index (χ3n) is 4.13. The number of piperidine rings is 1. The second kappa shape index (κ2) is 7.00. The van der Waals surface area contributed by atoms with Crippen LogP contribution >= 0.6 is 0 Å². The Kier molecular flexibility index (Phi) is 4.80. The number of rotatable bonds is 3. The maximum absolute atomic E-state index is 13.6. The van der Waals surface area contributed by atoms with Crippen molar-refractivity contribution in [3.05, 3.63) is 47.3 Å². The van der Waals surface area contributed by atoms with Gasteiger partial charge in [0.2, 0.25) is 0 Å². The molecule has 24 heavy (non-hydrogen) atoms. The molecule has 0 aliphatic carbocycles. The predicted octanol–water partition coefficient (Wildman–Crippen LogP) is 2.21. The van der Waals surface area contributed by atoms with Crippen molar-refractivity contribution in [3.8, 4) is 11.4 Å². The average molecular weight is 332 g/mol. The fourth-order valence-corrected chi connectivity index (χ4v) is 2.72. The summed E-state index contributed by atoms with van der Waals surface area (Å²) in [5.74, 6) is -1.81. The number of halogens is 2. The van der Waals surface area contributed by atoms with Gasteiger partial charge in [0.25, 0.3) is 5.91 Å². The van der Waals surface area contributed by atoms with Gasteiger partial charge in [-0.05, 0) is 44.0 Å². The number of carbonyl (C=O) groups is 1. The fourth-order valence-electron chi connectivity index (χ4n) is 2.72. The molecule has 1 saturated heterocycles. The lowest BCUT2D eigenvalue weighted by Gasteiger charge is -2.23. The van der Waals surface area contributed by atoms with Crippen molar-refractivity contribution in [1.82, 2.24) is 20.6 Å². The zero-order valence-electron chi connectivity index (χ0n) is 13.3. The van der Waals surface area contributed by atoms with Crippen molar-refractivity contribution in [2.24, 2.45) is 0 Å². The molecule has 1 fully saturated rings. The summed E-state index contributed by atoms with van der Waals surface area (Å²) >= 11 is 0. The van der Waals surface area contributed by atoms with E-state index in [9.17, 15) is 13.6 Å². The van der Waals surface area contributed by atoms with Gasteiger partial charge in [-0.2, -0.15) is 0 Å². The number of hydrogen-bond donors (Lipinski definition) is 2. The fraction of sp³-hybridized carbons (Fsp3) is 0.353. The molecule has 1 aliphatic rings. The Hall–Kier alpha value is -2.41. The Labute approximate surface area is 138 Å². The molecule has 0 spiro atoms. The summed E-state index contributed by atoms with van der Waals surface area (Å²) in [6.07, 6.45) is 4.75. The van der Waals surface area contributed by atoms with Crippen LogP contribution in [0, 0.1) is 18.6 Å². The number of aromatic nitrogens is 2. The molecule has 0 radical (unpaired) electrons. The quantitative estimate of drug-likeness (QED) is 0.904. The average Bonchev–Trinajstić information content (AvgIpc) is 2.61. The molecule has 0 saturated carbocycles. The highest BCUT2D eigenvalue weighted by molar-refractivity contribution is 5.93. The summed E-state index contributed by atoms with van der Waals surface area (Å²) in [6.45, 7) is 3.18. The Morgan fingerprint density at radius 2 is 2.04 bits per heavy atom. The zero-order valence-corrected chi connectivity index (χ0v) is 13.3. The third-order valence-corrected chi connectivity index (χ3v) is 4.13. The van der Waals surface area contributed by atoms with Crippen molar-refractivity contribution in [1.29, 1.82) is 0 Å². The van der Waals surface area contributed by atoms with E-state index in [2.05, 4.69) is 20.6 Å². The van der Waals surface area contributed by atoms with Gasteiger partial charge in [-0.3, -0.25) is 4.79 Å². The first kappa shape index (κ1) is 16.4. The normalized spacial score (nSPS) is 17.5. The maximum Gasteiger partial charge on any atom is 0.254 e. The predicted molar refractivity (Wildman–Crippen MR) is 85.5 cm³/mol. The van der Waals surface area contributed by atoms with Crippen LogP contribution in [0.15, 0.2) is 24.5 Å². The van der Waals surface area contributed by atoms with E-state index < -0.39 is 11.6 Å². The second-order valence-corrected chi connectivity index (χ2v) is 5.85. The monoisotopic (exact) mass is 332 g/mol. The summed E-state index contributed by atoms with van der Waals surface area (Å²) < 4.78 is 26.8. The highest BCUT2D eigenvalue weighted by Gasteiger charge is 2.18. The number of benzene rings is 1. The molecule has 5 nitrogen and oxygen atoms in total. The number of nitrogens with one attached hydrogen (secondary N) is 2. The first-order valence-electron chi connectivity index (χ1n) is 7.85. The van der Waals surface area contributed by atoms with E-state index in [-0.39, 0.29) is 23.3 Å². The topological polar surface area (TPSA) is 66.9 Å². The van der Waals surface area contributed by atoms with E-state index in [1.54, 1.807) is 0 Å². The van der Waals surface area contributed by atoms with Gasteiger partial charge in [-0.25, -0.2) is 18.7 Å². The number of hydrogen-bond acceptors (Lipinski definition) is 4. The van der Waals surface area contributed by atoms with Gasteiger partial charge in [0.1, 0.15) is 0 Å². The molecule has 1 atom stereocenters. The van der Waals surface area contributed by atoms with Gasteiger partial charge in [-0.15, -0.1) is 0 Å². The minimum absolute atomic E-state index is 0.0966. The van der Waals surface area contributed by atoms with E-state index >= 15 is 0 Å². The number of amides is 1. The molecule has 3 rings (SSSR count). The van der Waals surface area contributed by atoms with Gasteiger partial charge in [0.05, 0.1) is 5.56 Å². The molecule has 1 unspecified atom stereocenters. The van der Waals surface area contributed by atoms with Crippen LogP contribution in [0.5, 0.6) is 0 Å². The SMILES string of the molecule is Cc1c(-c2ncc(C(=O)NC3CCCNC3)cn2)ccc(F)c1F. The summed E-state index contributed by atoms with van der Waals surface area (Å²) in [5, 5.41) is 6.16. The second-order valence-electron chi connectivity index (χ2n) is 5.85. The van der Waals surface area contributed by atoms with E-state index in [0.29, 0.717) is 11.1 Å². The lowest BCUT2D eigenvalue weighted by Crippen LogP contribution is -2.45. The molecule has 1 aromatic carbocycles. The summed E-state index contributed by atoms with van der Waals surface area (Å²) in [5.41, 5.74) is 0.877. The third kappa shape index (κ3) is 3.41. The van der Waals surface area contributed by atoms with Crippen molar-refractivity contribution < 1.29 is 13.6 Å². The highest BCUT2D eigenvalue weighted by atomic mass is 19.2. The lowest BCUT2D eigenvalue weighted by molar-refractivity contribution is 0.0930. The molecule has 2 heterocycles. The van der Waals surface area contributed by atoms with Crippen LogP contribution in [-0.4, -0.2) is 35.0 Å². The number of carbonyl (C=O) groups excluding carboxylic acids is 1. The van der Waals surface area contributed by atoms with Crippen molar-refractivity contribution in [3.63, 3.8) is 0 Å². The molecule has 2 N–H and O–H groups in total. The van der Waals surface area contributed by atoms with Gasteiger partial charge in [0, 0.05) is 30.5 Å². The Morgan fingerprint density at radius 1 is 1.29 bits per heavy atom. The van der Waals surface area contributed by atoms with Crippen LogP contribution in [0.3, 0.4) is 0 Å². The van der Waals surface area contributed by atoms with Crippen LogP contribution in [0.4, 0.5) is 8.78 Å². The van der Waals surface area contributed by atoms with Crippen LogP contribution in [0.2, 0.25) is 0 Å². The van der Waals surface area contributed by atoms with E-state index in [4.69, 9.17) is 0 Å². The van der Waals surface area contributed by atoms with Crippen LogP contribution in [0.25, 0.3) is 11.4 Å². The molecular weight excluding hydrogens is 314 g/mol. The Morgan fingerprint density at radius 3 is 2.71 bits per heavy atom. The molecule has 126 valence electrons. The smallest absolute Gasteiger partial charge is 0.254 e. The number of nitrogens with zero attached hydrogens (tertiary/aromatic N) is 2. The van der Waals surface area contributed by atoms with Crippen molar-refractivity contribution in [2.75, 3.05) is 13.1 Å². The summed E-state index contributed by atoms with van der Waals surface area (Å²) in [6, 6.07) is 2.56. The maximum atomic E-state index is 13.6. The van der Waals surface area contributed by atoms with Gasteiger partial charge in [-0.1, -0.05) is 0 Å². The van der Waals surface area contributed by atoms with E-state index in [1.807, 2.05) is 0 Å². The molecule has 1 aromatic heterocycles. The van der Waals surface area contributed by atoms with Crippen molar-refractivity contribution in [2.45, 2.75) is 25.8 Å². The van der Waals surface area contributed by atoms with Crippen LogP contribution in [-0.2, 0) is 0 Å². The molecule has 2 aromatic rings. The van der Waals surface area contributed by atoms with Gasteiger partial charge < -0.3 is 10.6 Å². The molecular formula is C17H18F2N4O. The van der Waals surface area contributed by atoms with Gasteiger partial charge in [0.15, 0.2) is 17.5 Å². The Balaban J connectivity index is 1.75. The standard InChI is InChI=1S/C17H18F2N4O/c1-10-13(4-5-14(18)15(10)19)16-21-7-11(8-22-16)17(24)23-12-3-2-6-20-9-12/h4-5,7-8,12,20H,2-3,6,9H2,1H3,(H,23,24). The molecule has 7 heteroatoms. The summed E-state index contributed by atoms with van der Waals surface area (Å²) in [7, 11) is 0. The van der Waals surface area contributed by atoms with Crippen molar-refractivity contribution >= 4 is 5.91 Å². The minimum atomic E-state index is -0.914. The largest absolute Gasteiger partial charge is 0.348 e. The van der Waals surface area contributed by atoms with E-state index in [0.717, 1.165) is 32.0 Å². The van der Waals surface area contributed by atoms with Crippen LogP contribution in [0.1, 0.15) is 28.8 Å². The molecule has 1 aliphatic heterocycles. The lowest BCUT2D eigenvalue weighted by atomic mass is 10.1. The first-order chi connectivity index (χ1) is 11.6. The van der Waals surface area contributed by atoms with E-state index in [1.165, 1.54) is 25.4 Å². The van der Waals surface area contributed by atoms with Crippen LogP contribution < -0.4 is 10.6 Å². The van der Waals surface area contributed by atoms with Gasteiger partial charge >= 0.3 is 0 Å². The molecule has 0 bridgehead atoms. The highest BCUT2D eigenvalue weighted by Crippen LogP contribution is 2.23. The zero-order chi connectivity index (χ0) is 17.1. The first-order valence-corrected chi connectivity index (χ1v) is 7.85.